The molecular weight excluding hydrogens is 298 g/mol. The van der Waals surface area contributed by atoms with Crippen molar-refractivity contribution in [3.63, 3.8) is 0 Å². The Balaban J connectivity index is 4.09. The van der Waals surface area contributed by atoms with E-state index in [-0.39, 0.29) is 11.4 Å². The van der Waals surface area contributed by atoms with Gasteiger partial charge in [-0.2, -0.15) is 15.8 Å². The molecule has 1 aromatic rings. The lowest BCUT2D eigenvalue weighted by atomic mass is 10.0. The first-order chi connectivity index (χ1) is 10.8. The molecule has 0 saturated carbocycles. The summed E-state index contributed by atoms with van der Waals surface area (Å²) in [6.07, 6.45) is 1.34. The topological polar surface area (TPSA) is 131 Å². The molecule has 1 rings (SSSR count). The van der Waals surface area contributed by atoms with Crippen LogP contribution in [0.2, 0.25) is 0 Å². The minimum atomic E-state index is -0.807. The van der Waals surface area contributed by atoms with Gasteiger partial charge in [0.2, 0.25) is 0 Å². The smallest absolute Gasteiger partial charge is 0.332 e. The fourth-order valence-electron chi connectivity index (χ4n) is 1.75. The molecule has 0 aliphatic heterocycles. The molecule has 0 aromatic carbocycles. The number of nitrogens with zero attached hydrogens (tertiary/aromatic N) is 7. The van der Waals surface area contributed by atoms with E-state index in [0.717, 1.165) is 9.13 Å². The maximum Gasteiger partial charge on any atom is 0.332 e. The molecule has 0 saturated heterocycles. The van der Waals surface area contributed by atoms with Gasteiger partial charge in [0.1, 0.15) is 29.3 Å². The lowest BCUT2D eigenvalue weighted by Crippen LogP contribution is -2.38. The van der Waals surface area contributed by atoms with Crippen LogP contribution in [0.4, 0.5) is 5.82 Å². The van der Waals surface area contributed by atoms with Crippen LogP contribution in [0.15, 0.2) is 20.2 Å². The summed E-state index contributed by atoms with van der Waals surface area (Å²) in [6, 6.07) is 4.83. The Morgan fingerprint density at radius 1 is 1.09 bits per heavy atom. The van der Waals surface area contributed by atoms with Gasteiger partial charge in [-0.15, -0.1) is 0 Å². The second-order valence-corrected chi connectivity index (χ2v) is 4.70. The maximum atomic E-state index is 12.4. The van der Waals surface area contributed by atoms with Crippen LogP contribution < -0.4 is 11.2 Å². The molecule has 0 aliphatic carbocycles. The molecule has 0 N–H and O–H groups in total. The van der Waals surface area contributed by atoms with Gasteiger partial charge < -0.3 is 4.90 Å². The highest BCUT2D eigenvalue weighted by atomic mass is 16.2. The van der Waals surface area contributed by atoms with E-state index in [4.69, 9.17) is 10.5 Å². The van der Waals surface area contributed by atoms with Gasteiger partial charge in [-0.3, -0.25) is 13.9 Å². The van der Waals surface area contributed by atoms with E-state index in [2.05, 4.69) is 4.99 Å². The number of rotatable bonds is 3. The fraction of sp³-hybridized carbons (Fsp3) is 0.286. The zero-order chi connectivity index (χ0) is 17.7. The number of nitriles is 3. The Bertz CT molecular complexity index is 924. The van der Waals surface area contributed by atoms with Crippen molar-refractivity contribution in [2.75, 3.05) is 14.1 Å². The van der Waals surface area contributed by atoms with Crippen molar-refractivity contribution in [3.05, 3.63) is 32.0 Å². The summed E-state index contributed by atoms with van der Waals surface area (Å²) in [6.45, 7) is 0. The average Bonchev–Trinajstić information content (AvgIpc) is 2.53. The third kappa shape index (κ3) is 3.17. The molecule has 0 amide bonds. The molecule has 0 fully saturated rings. The van der Waals surface area contributed by atoms with Crippen LogP contribution in [0, 0.1) is 34.0 Å². The van der Waals surface area contributed by atoms with Gasteiger partial charge in [0, 0.05) is 28.2 Å². The first kappa shape index (κ1) is 17.4. The molecule has 9 heteroatoms. The van der Waals surface area contributed by atoms with E-state index >= 15 is 0 Å². The molecule has 0 unspecified atom stereocenters. The van der Waals surface area contributed by atoms with E-state index in [1.807, 2.05) is 0 Å². The predicted molar refractivity (Wildman–Crippen MR) is 82.5 cm³/mol. The van der Waals surface area contributed by atoms with Crippen molar-refractivity contribution in [1.82, 2.24) is 14.0 Å². The highest BCUT2D eigenvalue weighted by molar-refractivity contribution is 5.88. The molecular formula is C14H13N7O2. The number of aliphatic imine (C=N–C) groups is 1. The van der Waals surface area contributed by atoms with Crippen LogP contribution in [0.5, 0.6) is 0 Å². The van der Waals surface area contributed by atoms with E-state index in [1.165, 1.54) is 20.4 Å². The van der Waals surface area contributed by atoms with Crippen molar-refractivity contribution in [3.8, 4) is 18.2 Å². The quantitative estimate of drug-likeness (QED) is 0.425. The van der Waals surface area contributed by atoms with Gasteiger partial charge in [-0.05, 0) is 0 Å². The third-order valence-electron chi connectivity index (χ3n) is 2.88. The fourth-order valence-corrected chi connectivity index (χ4v) is 1.75. The Hall–Kier alpha value is -3.64. The van der Waals surface area contributed by atoms with Crippen molar-refractivity contribution < 1.29 is 0 Å². The Morgan fingerprint density at radius 3 is 2.09 bits per heavy atom. The molecule has 23 heavy (non-hydrogen) atoms. The molecule has 1 aromatic heterocycles. The lowest BCUT2D eigenvalue weighted by molar-refractivity contribution is 0.639. The zero-order valence-corrected chi connectivity index (χ0v) is 13.0. The summed E-state index contributed by atoms with van der Waals surface area (Å²) >= 11 is 0. The monoisotopic (exact) mass is 311 g/mol. The van der Waals surface area contributed by atoms with Gasteiger partial charge in [0.05, 0.1) is 11.9 Å². The van der Waals surface area contributed by atoms with E-state index < -0.39 is 22.4 Å². The normalized spacial score (nSPS) is 9.78. The lowest BCUT2D eigenvalue weighted by Gasteiger charge is -2.12. The van der Waals surface area contributed by atoms with Gasteiger partial charge >= 0.3 is 5.69 Å². The summed E-state index contributed by atoms with van der Waals surface area (Å²) in [5, 5.41) is 27.2. The van der Waals surface area contributed by atoms with Gasteiger partial charge in [-0.1, -0.05) is 0 Å². The molecule has 116 valence electrons. The van der Waals surface area contributed by atoms with Crippen molar-refractivity contribution in [2.45, 2.75) is 0 Å². The van der Waals surface area contributed by atoms with Crippen LogP contribution in [0.25, 0.3) is 5.57 Å². The molecule has 0 bridgehead atoms. The zero-order valence-electron chi connectivity index (χ0n) is 13.0. The highest BCUT2D eigenvalue weighted by Crippen LogP contribution is 2.23. The molecule has 0 aliphatic rings. The SMILES string of the molecule is CN(C)/C=N/c1c(C(C#N)=C(C#N)C#N)c(=O)n(C)c(=O)n1C. The summed E-state index contributed by atoms with van der Waals surface area (Å²) in [4.78, 5) is 30.0. The van der Waals surface area contributed by atoms with Crippen LogP contribution >= 0.6 is 0 Å². The maximum absolute atomic E-state index is 12.4. The Morgan fingerprint density at radius 2 is 1.65 bits per heavy atom. The average molecular weight is 311 g/mol. The first-order valence-corrected chi connectivity index (χ1v) is 6.25. The van der Waals surface area contributed by atoms with E-state index in [1.54, 1.807) is 37.2 Å². The van der Waals surface area contributed by atoms with Crippen LogP contribution in [-0.2, 0) is 14.1 Å². The van der Waals surface area contributed by atoms with Crippen LogP contribution in [0.1, 0.15) is 5.56 Å². The first-order valence-electron chi connectivity index (χ1n) is 6.25. The van der Waals surface area contributed by atoms with Crippen molar-refractivity contribution >= 4 is 17.7 Å². The minimum absolute atomic E-state index is 0.105. The Kier molecular flexibility index (Phi) is 5.21. The molecule has 0 spiro atoms. The summed E-state index contributed by atoms with van der Waals surface area (Å²) in [5.74, 6) is -0.105. The molecule has 9 nitrogen and oxygen atoms in total. The number of allylic oxidation sites excluding steroid dienone is 2. The minimum Gasteiger partial charge on any atom is -0.369 e. The van der Waals surface area contributed by atoms with Gasteiger partial charge in [0.15, 0.2) is 5.82 Å². The second kappa shape index (κ2) is 6.88. The van der Waals surface area contributed by atoms with Crippen molar-refractivity contribution in [1.29, 1.82) is 15.8 Å². The van der Waals surface area contributed by atoms with Crippen molar-refractivity contribution in [2.24, 2.45) is 19.1 Å². The summed E-state index contributed by atoms with van der Waals surface area (Å²) in [5.41, 5.74) is -2.66. The number of aromatic nitrogens is 2. The highest BCUT2D eigenvalue weighted by Gasteiger charge is 2.22. The standard InChI is InChI=1S/C14H13N7O2/c1-19(2)8-18-12-11(10(7-17)9(5-15)6-16)13(22)21(4)14(23)20(12)3/h8H,1-4H3/b18-8+. The third-order valence-corrected chi connectivity index (χ3v) is 2.88. The Labute approximate surface area is 131 Å². The number of hydrogen-bond donors (Lipinski definition) is 0. The van der Waals surface area contributed by atoms with Crippen LogP contribution in [-0.4, -0.2) is 34.5 Å². The van der Waals surface area contributed by atoms with Gasteiger partial charge in [0.25, 0.3) is 5.56 Å². The van der Waals surface area contributed by atoms with E-state index in [9.17, 15) is 14.9 Å². The molecule has 0 radical (unpaired) electrons. The predicted octanol–water partition coefficient (Wildman–Crippen LogP) is -0.370. The summed E-state index contributed by atoms with van der Waals surface area (Å²) in [7, 11) is 5.97. The molecule has 1 heterocycles. The van der Waals surface area contributed by atoms with E-state index in [0.29, 0.717) is 0 Å². The second-order valence-electron chi connectivity index (χ2n) is 4.70. The summed E-state index contributed by atoms with van der Waals surface area (Å²) < 4.78 is 1.86. The largest absolute Gasteiger partial charge is 0.369 e. The van der Waals surface area contributed by atoms with Gasteiger partial charge in [-0.25, -0.2) is 9.79 Å². The number of hydrogen-bond acceptors (Lipinski definition) is 6. The van der Waals surface area contributed by atoms with Crippen LogP contribution in [0.3, 0.4) is 0 Å². The molecule has 0 atom stereocenters.